The molecule has 0 heterocycles. The Bertz CT molecular complexity index is 722. The summed E-state index contributed by atoms with van der Waals surface area (Å²) in [4.78, 5) is 11.1. The molecule has 0 fully saturated rings. The van der Waals surface area contributed by atoms with Crippen molar-refractivity contribution >= 4 is 34.8 Å². The van der Waals surface area contributed by atoms with Gasteiger partial charge in [0.25, 0.3) is 0 Å². The molecule has 128 valence electrons. The van der Waals surface area contributed by atoms with E-state index in [4.69, 9.17) is 27.9 Å². The minimum Gasteiger partial charge on any atom is -0.456 e. The summed E-state index contributed by atoms with van der Waals surface area (Å²) >= 11 is 11.8. The van der Waals surface area contributed by atoms with Crippen molar-refractivity contribution in [3.8, 4) is 11.5 Å². The molecule has 0 aromatic heterocycles. The second-order valence-electron chi connectivity index (χ2n) is 4.67. The first-order valence-electron chi connectivity index (χ1n) is 6.57. The van der Waals surface area contributed by atoms with Crippen molar-refractivity contribution in [3.05, 3.63) is 52.5 Å². The van der Waals surface area contributed by atoms with Crippen LogP contribution in [0.15, 0.2) is 42.5 Å². The van der Waals surface area contributed by atoms with Crippen LogP contribution in [0, 0.1) is 0 Å². The van der Waals surface area contributed by atoms with Crippen LogP contribution in [0.3, 0.4) is 0 Å². The summed E-state index contributed by atoms with van der Waals surface area (Å²) < 4.78 is 41.6. The monoisotopic (exact) mass is 378 g/mol. The molecule has 0 saturated carbocycles. The molecule has 4 nitrogen and oxygen atoms in total. The largest absolute Gasteiger partial charge is 0.456 e. The number of hydrogen-bond acceptors (Lipinski definition) is 3. The van der Waals surface area contributed by atoms with Crippen LogP contribution in [0.4, 0.5) is 18.9 Å². The van der Waals surface area contributed by atoms with Gasteiger partial charge in [0.15, 0.2) is 0 Å². The summed E-state index contributed by atoms with van der Waals surface area (Å²) in [7, 11) is 0. The molecule has 0 unspecified atom stereocenters. The predicted octanol–water partition coefficient (Wildman–Crippen LogP) is 5.18. The fraction of sp³-hybridized carbons (Fsp3) is 0.133. The zero-order valence-electron chi connectivity index (χ0n) is 12.0. The molecular weight excluding hydrogens is 368 g/mol. The van der Waals surface area contributed by atoms with E-state index in [1.165, 1.54) is 18.2 Å². The molecule has 2 rings (SSSR count). The average molecular weight is 379 g/mol. The Morgan fingerprint density at radius 1 is 1.08 bits per heavy atom. The van der Waals surface area contributed by atoms with Gasteiger partial charge in [-0.05, 0) is 42.5 Å². The SMILES string of the molecule is O=C(CC(F)(F)F)NNc1ccc(Oc2ccc(Cl)cc2Cl)cc1. The molecule has 0 spiro atoms. The number of amides is 1. The molecule has 0 saturated heterocycles. The number of nitrogens with one attached hydrogen (secondary N) is 2. The number of hydrogen-bond donors (Lipinski definition) is 2. The van der Waals surface area contributed by atoms with E-state index < -0.39 is 18.5 Å². The van der Waals surface area contributed by atoms with Gasteiger partial charge in [0, 0.05) is 5.02 Å². The second kappa shape index (κ2) is 7.63. The molecular formula is C15H11Cl2F3N2O2. The van der Waals surface area contributed by atoms with Gasteiger partial charge in [-0.25, -0.2) is 0 Å². The van der Waals surface area contributed by atoms with Crippen LogP contribution in [-0.2, 0) is 4.79 Å². The van der Waals surface area contributed by atoms with Crippen LogP contribution in [-0.4, -0.2) is 12.1 Å². The Labute approximate surface area is 145 Å². The zero-order chi connectivity index (χ0) is 17.7. The first-order valence-corrected chi connectivity index (χ1v) is 7.33. The van der Waals surface area contributed by atoms with Gasteiger partial charge in [0.2, 0.25) is 5.91 Å². The molecule has 2 aromatic carbocycles. The Morgan fingerprint density at radius 3 is 2.33 bits per heavy atom. The Morgan fingerprint density at radius 2 is 1.75 bits per heavy atom. The van der Waals surface area contributed by atoms with E-state index in [9.17, 15) is 18.0 Å². The summed E-state index contributed by atoms with van der Waals surface area (Å²) in [5, 5.41) is 0.811. The van der Waals surface area contributed by atoms with Gasteiger partial charge in [-0.2, -0.15) is 13.2 Å². The smallest absolute Gasteiger partial charge is 0.397 e. The van der Waals surface area contributed by atoms with E-state index in [1.807, 2.05) is 5.43 Å². The number of carbonyl (C=O) groups is 1. The first kappa shape index (κ1) is 18.2. The minimum absolute atomic E-state index is 0.337. The average Bonchev–Trinajstić information content (AvgIpc) is 2.48. The van der Waals surface area contributed by atoms with E-state index in [0.717, 1.165) is 0 Å². The number of halogens is 5. The molecule has 0 aliphatic carbocycles. The van der Waals surface area contributed by atoms with Gasteiger partial charge in [0.1, 0.15) is 17.9 Å². The lowest BCUT2D eigenvalue weighted by Crippen LogP contribution is -2.32. The number of carbonyl (C=O) groups excluding carboxylic acids is 1. The van der Waals surface area contributed by atoms with Gasteiger partial charge in [-0.15, -0.1) is 0 Å². The maximum atomic E-state index is 12.0. The van der Waals surface area contributed by atoms with E-state index in [1.54, 1.807) is 24.3 Å². The highest BCUT2D eigenvalue weighted by molar-refractivity contribution is 6.35. The van der Waals surface area contributed by atoms with Crippen LogP contribution >= 0.6 is 23.2 Å². The molecule has 0 bridgehead atoms. The summed E-state index contributed by atoms with van der Waals surface area (Å²) in [5.74, 6) is -0.331. The zero-order valence-corrected chi connectivity index (χ0v) is 13.5. The fourth-order valence-electron chi connectivity index (χ4n) is 1.66. The standard InChI is InChI=1S/C15H11Cl2F3N2O2/c16-9-1-6-13(12(17)7-9)24-11-4-2-10(3-5-11)21-22-14(23)8-15(18,19)20/h1-7,21H,8H2,(H,22,23). The molecule has 2 N–H and O–H groups in total. The van der Waals surface area contributed by atoms with Crippen LogP contribution in [0.5, 0.6) is 11.5 Å². The number of rotatable bonds is 5. The minimum atomic E-state index is -4.55. The molecule has 1 amide bonds. The van der Waals surface area contributed by atoms with Crippen molar-refractivity contribution in [1.82, 2.24) is 5.43 Å². The van der Waals surface area contributed by atoms with Crippen LogP contribution < -0.4 is 15.6 Å². The van der Waals surface area contributed by atoms with Gasteiger partial charge in [-0.1, -0.05) is 23.2 Å². The topological polar surface area (TPSA) is 50.4 Å². The molecule has 0 aliphatic rings. The van der Waals surface area contributed by atoms with Gasteiger partial charge in [-0.3, -0.25) is 15.6 Å². The third-order valence-electron chi connectivity index (χ3n) is 2.68. The van der Waals surface area contributed by atoms with Crippen molar-refractivity contribution < 1.29 is 22.7 Å². The molecule has 24 heavy (non-hydrogen) atoms. The van der Waals surface area contributed by atoms with Gasteiger partial charge < -0.3 is 4.74 Å². The second-order valence-corrected chi connectivity index (χ2v) is 5.51. The normalized spacial score (nSPS) is 11.0. The van der Waals surface area contributed by atoms with Crippen molar-refractivity contribution in [1.29, 1.82) is 0 Å². The summed E-state index contributed by atoms with van der Waals surface area (Å²) in [6, 6.07) is 10.9. The van der Waals surface area contributed by atoms with Crippen LogP contribution in [0.1, 0.15) is 6.42 Å². The van der Waals surface area contributed by atoms with Crippen molar-refractivity contribution in [3.63, 3.8) is 0 Å². The highest BCUT2D eigenvalue weighted by atomic mass is 35.5. The molecule has 2 aromatic rings. The Hall–Kier alpha value is -2.12. The summed E-state index contributed by atoms with van der Waals surface area (Å²) in [6.45, 7) is 0. The van der Waals surface area contributed by atoms with Crippen molar-refractivity contribution in [2.45, 2.75) is 12.6 Å². The van der Waals surface area contributed by atoms with E-state index in [2.05, 4.69) is 5.43 Å². The number of hydrazine groups is 1. The maximum Gasteiger partial charge on any atom is 0.397 e. The lowest BCUT2D eigenvalue weighted by Gasteiger charge is -2.11. The van der Waals surface area contributed by atoms with Crippen LogP contribution in [0.2, 0.25) is 10.0 Å². The number of alkyl halides is 3. The third kappa shape index (κ3) is 5.82. The molecule has 9 heteroatoms. The maximum absolute atomic E-state index is 12.0. The molecule has 0 aliphatic heterocycles. The summed E-state index contributed by atoms with van der Waals surface area (Å²) in [6.07, 6.45) is -6.11. The van der Waals surface area contributed by atoms with Crippen molar-refractivity contribution in [2.75, 3.05) is 5.43 Å². The Kier molecular flexibility index (Phi) is 5.80. The predicted molar refractivity (Wildman–Crippen MR) is 85.4 cm³/mol. The van der Waals surface area contributed by atoms with Crippen LogP contribution in [0.25, 0.3) is 0 Å². The quantitative estimate of drug-likeness (QED) is 0.704. The van der Waals surface area contributed by atoms with Gasteiger partial charge >= 0.3 is 6.18 Å². The third-order valence-corrected chi connectivity index (χ3v) is 3.21. The highest BCUT2D eigenvalue weighted by Gasteiger charge is 2.31. The summed E-state index contributed by atoms with van der Waals surface area (Å²) in [5.41, 5.74) is 4.72. The first-order chi connectivity index (χ1) is 11.2. The van der Waals surface area contributed by atoms with E-state index in [0.29, 0.717) is 27.2 Å². The lowest BCUT2D eigenvalue weighted by molar-refractivity contribution is -0.153. The van der Waals surface area contributed by atoms with Gasteiger partial charge in [0.05, 0.1) is 10.7 Å². The van der Waals surface area contributed by atoms with E-state index >= 15 is 0 Å². The number of benzene rings is 2. The highest BCUT2D eigenvalue weighted by Crippen LogP contribution is 2.31. The van der Waals surface area contributed by atoms with Crippen molar-refractivity contribution in [2.24, 2.45) is 0 Å². The molecule has 0 atom stereocenters. The van der Waals surface area contributed by atoms with E-state index in [-0.39, 0.29) is 0 Å². The number of anilines is 1. The number of ether oxygens (including phenoxy) is 1. The molecule has 0 radical (unpaired) electrons. The Balaban J connectivity index is 1.92. The lowest BCUT2D eigenvalue weighted by atomic mass is 10.3. The fourth-order valence-corrected chi connectivity index (χ4v) is 2.11.